The lowest BCUT2D eigenvalue weighted by Gasteiger charge is -2.19. The van der Waals surface area contributed by atoms with E-state index < -0.39 is 18.5 Å². The summed E-state index contributed by atoms with van der Waals surface area (Å²) in [4.78, 5) is 36.0. The third kappa shape index (κ3) is 6.85. The van der Waals surface area contributed by atoms with Gasteiger partial charge in [-0.3, -0.25) is 9.59 Å². The molecular formula is C21H25Cl2N3O4. The maximum absolute atomic E-state index is 12.2. The topological polar surface area (TPSA) is 90.3 Å². The Labute approximate surface area is 185 Å². The second-order valence-electron chi connectivity index (χ2n) is 6.81. The molecule has 1 atom stereocenters. The first kappa shape index (κ1) is 23.9. The van der Waals surface area contributed by atoms with Crippen LogP contribution in [0.1, 0.15) is 55.1 Å². The number of rotatable bonds is 10. The normalized spacial score (nSPS) is 11.7. The largest absolute Gasteiger partial charge is 0.451 e. The molecule has 162 valence electrons. The summed E-state index contributed by atoms with van der Waals surface area (Å²) in [6.45, 7) is 4.25. The molecule has 0 saturated heterocycles. The van der Waals surface area contributed by atoms with Gasteiger partial charge in [0, 0.05) is 35.1 Å². The molecule has 0 saturated carbocycles. The van der Waals surface area contributed by atoms with Gasteiger partial charge in [0.05, 0.1) is 0 Å². The summed E-state index contributed by atoms with van der Waals surface area (Å²) < 4.78 is 6.22. The fraction of sp³-hybridized carbons (Fsp3) is 0.429. The lowest BCUT2D eigenvalue weighted by Crippen LogP contribution is -2.33. The number of nitrogens with zero attached hydrogens (tertiary/aromatic N) is 2. The van der Waals surface area contributed by atoms with Crippen LogP contribution in [0.5, 0.6) is 0 Å². The average Bonchev–Trinajstić information content (AvgIpc) is 2.71. The van der Waals surface area contributed by atoms with E-state index in [-0.39, 0.29) is 17.2 Å². The van der Waals surface area contributed by atoms with Crippen molar-refractivity contribution in [1.29, 1.82) is 0 Å². The zero-order valence-electron chi connectivity index (χ0n) is 17.0. The standard InChI is InChI=1S/C21H25Cl2N3O4/c1-3-5-14(16-7-6-15(22)11-17(16)23)12-24-19(27)13-30-21(29)18-8-9-20(28)26(25-18)10-4-2/h6-9,11,14H,3-5,10,12-13H2,1-2H3,(H,24,27). The Morgan fingerprint density at radius 3 is 2.60 bits per heavy atom. The van der Waals surface area contributed by atoms with Gasteiger partial charge in [-0.1, -0.05) is 49.5 Å². The summed E-state index contributed by atoms with van der Waals surface area (Å²) in [6, 6.07) is 7.84. The van der Waals surface area contributed by atoms with Crippen LogP contribution in [0, 0.1) is 0 Å². The van der Waals surface area contributed by atoms with E-state index in [1.807, 2.05) is 19.9 Å². The van der Waals surface area contributed by atoms with Gasteiger partial charge in [-0.25, -0.2) is 9.48 Å². The van der Waals surface area contributed by atoms with Crippen LogP contribution in [0.3, 0.4) is 0 Å². The molecule has 0 spiro atoms. The van der Waals surface area contributed by atoms with Crippen LogP contribution in [0.25, 0.3) is 0 Å². The molecule has 1 unspecified atom stereocenters. The van der Waals surface area contributed by atoms with Gasteiger partial charge in [-0.05, 0) is 36.6 Å². The van der Waals surface area contributed by atoms with Crippen LogP contribution >= 0.6 is 23.2 Å². The number of hydrogen-bond donors (Lipinski definition) is 1. The molecule has 0 aliphatic heterocycles. The minimum absolute atomic E-state index is 0.0127. The number of ether oxygens (including phenoxy) is 1. The van der Waals surface area contributed by atoms with Gasteiger partial charge < -0.3 is 10.1 Å². The Bertz CT molecular complexity index is 946. The van der Waals surface area contributed by atoms with E-state index in [9.17, 15) is 14.4 Å². The highest BCUT2D eigenvalue weighted by Crippen LogP contribution is 2.30. The lowest BCUT2D eigenvalue weighted by atomic mass is 9.94. The summed E-state index contributed by atoms with van der Waals surface area (Å²) in [6.07, 6.45) is 2.43. The van der Waals surface area contributed by atoms with Gasteiger partial charge in [0.25, 0.3) is 11.5 Å². The molecule has 0 aliphatic rings. The van der Waals surface area contributed by atoms with Crippen molar-refractivity contribution in [2.75, 3.05) is 13.2 Å². The zero-order chi connectivity index (χ0) is 22.1. The molecule has 0 radical (unpaired) electrons. The molecule has 1 aromatic carbocycles. The van der Waals surface area contributed by atoms with Gasteiger partial charge >= 0.3 is 5.97 Å². The predicted octanol–water partition coefficient (Wildman–Crippen LogP) is 3.82. The number of carbonyl (C=O) groups is 2. The van der Waals surface area contributed by atoms with Crippen molar-refractivity contribution in [3.8, 4) is 0 Å². The molecule has 0 fully saturated rings. The quantitative estimate of drug-likeness (QED) is 0.552. The van der Waals surface area contributed by atoms with Crippen molar-refractivity contribution in [3.63, 3.8) is 0 Å². The Morgan fingerprint density at radius 1 is 1.17 bits per heavy atom. The fourth-order valence-corrected chi connectivity index (χ4v) is 3.53. The Morgan fingerprint density at radius 2 is 1.93 bits per heavy atom. The van der Waals surface area contributed by atoms with E-state index in [1.165, 1.54) is 16.8 Å². The number of benzene rings is 1. The number of esters is 1. The van der Waals surface area contributed by atoms with Crippen LogP contribution in [0.2, 0.25) is 10.0 Å². The SMILES string of the molecule is CCCC(CNC(=O)COC(=O)c1ccc(=O)n(CCC)n1)c1ccc(Cl)cc1Cl. The third-order valence-electron chi connectivity index (χ3n) is 4.43. The maximum Gasteiger partial charge on any atom is 0.359 e. The number of aromatic nitrogens is 2. The van der Waals surface area contributed by atoms with Crippen LogP contribution in [-0.4, -0.2) is 34.8 Å². The zero-order valence-corrected chi connectivity index (χ0v) is 18.5. The number of hydrogen-bond acceptors (Lipinski definition) is 5. The number of aryl methyl sites for hydroxylation is 1. The molecule has 7 nitrogen and oxygen atoms in total. The van der Waals surface area contributed by atoms with E-state index in [2.05, 4.69) is 10.4 Å². The van der Waals surface area contributed by atoms with Crippen molar-refractivity contribution in [2.24, 2.45) is 0 Å². The average molecular weight is 454 g/mol. The first-order valence-corrected chi connectivity index (χ1v) is 10.6. The summed E-state index contributed by atoms with van der Waals surface area (Å²) in [7, 11) is 0. The molecule has 30 heavy (non-hydrogen) atoms. The van der Waals surface area contributed by atoms with Gasteiger partial charge in [0.15, 0.2) is 12.3 Å². The van der Waals surface area contributed by atoms with Crippen LogP contribution in [0.4, 0.5) is 0 Å². The van der Waals surface area contributed by atoms with Crippen molar-refractivity contribution in [3.05, 3.63) is 62.0 Å². The predicted molar refractivity (Wildman–Crippen MR) is 116 cm³/mol. The second-order valence-corrected chi connectivity index (χ2v) is 7.66. The van der Waals surface area contributed by atoms with E-state index in [0.717, 1.165) is 18.4 Å². The Kier molecular flexibility index (Phi) is 9.33. The first-order valence-electron chi connectivity index (χ1n) is 9.82. The van der Waals surface area contributed by atoms with E-state index >= 15 is 0 Å². The van der Waals surface area contributed by atoms with E-state index in [4.69, 9.17) is 27.9 Å². The minimum atomic E-state index is -0.763. The third-order valence-corrected chi connectivity index (χ3v) is 4.99. The van der Waals surface area contributed by atoms with E-state index in [0.29, 0.717) is 29.6 Å². The molecule has 0 aliphatic carbocycles. The van der Waals surface area contributed by atoms with Crippen LogP contribution < -0.4 is 10.9 Å². The summed E-state index contributed by atoms with van der Waals surface area (Å²) in [5, 5.41) is 7.84. The minimum Gasteiger partial charge on any atom is -0.451 e. The molecule has 0 bridgehead atoms. The summed E-state index contributed by atoms with van der Waals surface area (Å²) >= 11 is 12.3. The van der Waals surface area contributed by atoms with Crippen molar-refractivity contribution < 1.29 is 14.3 Å². The molecule has 1 N–H and O–H groups in total. The van der Waals surface area contributed by atoms with Crippen molar-refractivity contribution in [2.45, 2.75) is 45.6 Å². The maximum atomic E-state index is 12.2. The van der Waals surface area contributed by atoms with Crippen LogP contribution in [-0.2, 0) is 16.1 Å². The molecule has 2 rings (SSSR count). The van der Waals surface area contributed by atoms with Gasteiger partial charge in [-0.15, -0.1) is 0 Å². The van der Waals surface area contributed by atoms with E-state index in [1.54, 1.807) is 12.1 Å². The summed E-state index contributed by atoms with van der Waals surface area (Å²) in [5.74, 6) is -1.18. The van der Waals surface area contributed by atoms with Gasteiger partial charge in [-0.2, -0.15) is 5.10 Å². The fourth-order valence-electron chi connectivity index (χ4n) is 2.97. The highest BCUT2D eigenvalue weighted by atomic mass is 35.5. The van der Waals surface area contributed by atoms with Crippen LogP contribution in [0.15, 0.2) is 35.1 Å². The molecule has 1 heterocycles. The second kappa shape index (κ2) is 11.7. The lowest BCUT2D eigenvalue weighted by molar-refractivity contribution is -0.124. The smallest absolute Gasteiger partial charge is 0.359 e. The van der Waals surface area contributed by atoms with Crippen molar-refractivity contribution >= 4 is 35.1 Å². The summed E-state index contributed by atoms with van der Waals surface area (Å²) in [5.41, 5.74) is 0.587. The van der Waals surface area contributed by atoms with Crippen molar-refractivity contribution in [1.82, 2.24) is 15.1 Å². The first-order chi connectivity index (χ1) is 14.3. The molecule has 1 amide bonds. The number of carbonyl (C=O) groups excluding carboxylic acids is 2. The molecule has 2 aromatic rings. The van der Waals surface area contributed by atoms with Gasteiger partial charge in [0.2, 0.25) is 0 Å². The molecule has 1 aromatic heterocycles. The molecule has 9 heteroatoms. The highest BCUT2D eigenvalue weighted by molar-refractivity contribution is 6.35. The Balaban J connectivity index is 1.92. The number of halogens is 2. The number of amides is 1. The van der Waals surface area contributed by atoms with Gasteiger partial charge in [0.1, 0.15) is 0 Å². The monoisotopic (exact) mass is 453 g/mol. The molecular weight excluding hydrogens is 429 g/mol. The highest BCUT2D eigenvalue weighted by Gasteiger charge is 2.17. The number of nitrogens with one attached hydrogen (secondary N) is 1. The Hall–Kier alpha value is -2.38.